The van der Waals surface area contributed by atoms with Crippen molar-refractivity contribution in [3.8, 4) is 18.0 Å². The number of terminal acetylenes is 1. The number of hydrogen-bond donors (Lipinski definition) is 1. The summed E-state index contributed by atoms with van der Waals surface area (Å²) in [5.41, 5.74) is -0.226. The Bertz CT molecular complexity index is 1120. The minimum Gasteiger partial charge on any atom is -0.336 e. The number of Topliss-reactive ketones (excluding diaryl/α,β-unsaturated/α-hetero) is 1. The third-order valence-corrected chi connectivity index (χ3v) is 5.89. The second kappa shape index (κ2) is 7.77. The molecule has 0 unspecified atom stereocenters. The van der Waals surface area contributed by atoms with Gasteiger partial charge in [0, 0.05) is 28.4 Å². The molecule has 1 heterocycles. The number of fused-ring (bicyclic) bond motifs is 1. The average molecular weight is 425 g/mol. The molecule has 6 heteroatoms. The van der Waals surface area contributed by atoms with E-state index < -0.39 is 17.0 Å². The average Bonchev–Trinajstić information content (AvgIpc) is 2.67. The Morgan fingerprint density at radius 2 is 1.90 bits per heavy atom. The second-order valence-electron chi connectivity index (χ2n) is 8.76. The number of hydrogen-bond acceptors (Lipinski definition) is 3. The predicted molar refractivity (Wildman–Crippen MR) is 118 cm³/mol. The number of benzene rings is 1. The quantitative estimate of drug-likeness (QED) is 0.748. The minimum absolute atomic E-state index is 0.0896. The van der Waals surface area contributed by atoms with Crippen LogP contribution in [0.25, 0.3) is 5.69 Å². The van der Waals surface area contributed by atoms with E-state index in [0.717, 1.165) is 0 Å². The highest BCUT2D eigenvalue weighted by atomic mass is 35.5. The van der Waals surface area contributed by atoms with Crippen molar-refractivity contribution in [2.75, 3.05) is 0 Å². The number of carbonyl (C=O) groups excluding carboxylic acids is 2. The molecule has 0 saturated carbocycles. The molecular weight excluding hydrogens is 400 g/mol. The van der Waals surface area contributed by atoms with Crippen LogP contribution in [0.5, 0.6) is 0 Å². The Balaban J connectivity index is 2.26. The highest BCUT2D eigenvalue weighted by Gasteiger charge is 2.35. The van der Waals surface area contributed by atoms with E-state index in [1.165, 1.54) is 10.6 Å². The summed E-state index contributed by atoms with van der Waals surface area (Å²) >= 11 is 6.01. The fourth-order valence-electron chi connectivity index (χ4n) is 3.68. The topological polar surface area (TPSA) is 68.2 Å². The van der Waals surface area contributed by atoms with E-state index in [0.29, 0.717) is 41.2 Å². The molecule has 0 aliphatic heterocycles. The molecule has 1 aromatic heterocycles. The van der Waals surface area contributed by atoms with E-state index in [1.54, 1.807) is 31.2 Å². The molecular formula is C24H25ClN2O3. The van der Waals surface area contributed by atoms with Gasteiger partial charge in [0.15, 0.2) is 5.78 Å². The molecule has 2 aromatic rings. The fourth-order valence-corrected chi connectivity index (χ4v) is 3.81. The van der Waals surface area contributed by atoms with Gasteiger partial charge in [-0.15, -0.1) is 6.42 Å². The Morgan fingerprint density at radius 1 is 1.27 bits per heavy atom. The first-order valence-corrected chi connectivity index (χ1v) is 10.3. The van der Waals surface area contributed by atoms with Gasteiger partial charge in [0.05, 0.1) is 5.54 Å². The van der Waals surface area contributed by atoms with Crippen molar-refractivity contribution in [1.82, 2.24) is 9.88 Å². The third kappa shape index (κ3) is 4.06. The zero-order chi connectivity index (χ0) is 22.3. The number of carbonyl (C=O) groups is 2. The standard InChI is InChI=1S/C24H25ClN2O3/c1-6-24(5,7-2)26-21(29)18-12-17-19(13-23(3,4)14-20(17)28)27(22(18)30)16-10-8-15(25)9-11-16/h1,8-12H,7,13-14H2,2-5H3,(H,26,29)/t24-/m1/s1. The first-order chi connectivity index (χ1) is 14.0. The lowest BCUT2D eigenvalue weighted by molar-refractivity contribution is 0.0908. The molecule has 0 saturated heterocycles. The SMILES string of the molecule is C#C[C@](C)(CC)NC(=O)c1cc2c(n(-c3ccc(Cl)cc3)c1=O)CC(C)(C)CC2=O. The van der Waals surface area contributed by atoms with Crippen LogP contribution in [-0.4, -0.2) is 21.8 Å². The maximum absolute atomic E-state index is 13.5. The van der Waals surface area contributed by atoms with Gasteiger partial charge in [0.1, 0.15) is 5.56 Å². The van der Waals surface area contributed by atoms with Gasteiger partial charge in [0.25, 0.3) is 11.5 Å². The molecule has 1 aliphatic carbocycles. The second-order valence-corrected chi connectivity index (χ2v) is 9.20. The molecule has 5 nitrogen and oxygen atoms in total. The Labute approximate surface area is 181 Å². The lowest BCUT2D eigenvalue weighted by Gasteiger charge is -2.32. The van der Waals surface area contributed by atoms with Crippen molar-refractivity contribution >= 4 is 23.3 Å². The number of nitrogens with one attached hydrogen (secondary N) is 1. The number of halogens is 1. The van der Waals surface area contributed by atoms with Crippen LogP contribution in [0, 0.1) is 17.8 Å². The van der Waals surface area contributed by atoms with Gasteiger partial charge in [0.2, 0.25) is 0 Å². The van der Waals surface area contributed by atoms with Crippen LogP contribution in [0.4, 0.5) is 0 Å². The number of aromatic nitrogens is 1. The van der Waals surface area contributed by atoms with Gasteiger partial charge in [-0.25, -0.2) is 0 Å². The zero-order valence-electron chi connectivity index (χ0n) is 17.6. The third-order valence-electron chi connectivity index (χ3n) is 5.63. The summed E-state index contributed by atoms with van der Waals surface area (Å²) in [6.45, 7) is 7.55. The first-order valence-electron chi connectivity index (χ1n) is 9.88. The molecule has 30 heavy (non-hydrogen) atoms. The summed E-state index contributed by atoms with van der Waals surface area (Å²) in [6, 6.07) is 8.17. The van der Waals surface area contributed by atoms with Crippen LogP contribution >= 0.6 is 11.6 Å². The summed E-state index contributed by atoms with van der Waals surface area (Å²) in [4.78, 5) is 39.4. The van der Waals surface area contributed by atoms with E-state index in [2.05, 4.69) is 11.2 Å². The molecule has 1 atom stereocenters. The van der Waals surface area contributed by atoms with E-state index in [9.17, 15) is 14.4 Å². The van der Waals surface area contributed by atoms with Crippen molar-refractivity contribution in [2.24, 2.45) is 5.41 Å². The molecule has 0 radical (unpaired) electrons. The van der Waals surface area contributed by atoms with Crippen LogP contribution in [0.15, 0.2) is 35.1 Å². The molecule has 0 spiro atoms. The van der Waals surface area contributed by atoms with Crippen LogP contribution in [-0.2, 0) is 6.42 Å². The van der Waals surface area contributed by atoms with Crippen LogP contribution in [0.2, 0.25) is 5.02 Å². The number of nitrogens with zero attached hydrogens (tertiary/aromatic N) is 1. The zero-order valence-corrected chi connectivity index (χ0v) is 18.4. The molecule has 156 valence electrons. The molecule has 1 aliphatic rings. The fraction of sp³-hybridized carbons (Fsp3) is 0.375. The Morgan fingerprint density at radius 3 is 2.47 bits per heavy atom. The van der Waals surface area contributed by atoms with Crippen molar-refractivity contribution in [3.05, 3.63) is 62.5 Å². The summed E-state index contributed by atoms with van der Waals surface area (Å²) < 4.78 is 1.46. The maximum atomic E-state index is 13.5. The molecule has 1 amide bonds. The summed E-state index contributed by atoms with van der Waals surface area (Å²) in [7, 11) is 0. The Kier molecular flexibility index (Phi) is 5.66. The predicted octanol–water partition coefficient (Wildman–Crippen LogP) is 4.18. The monoisotopic (exact) mass is 424 g/mol. The van der Waals surface area contributed by atoms with Gasteiger partial charge in [-0.1, -0.05) is 38.3 Å². The maximum Gasteiger partial charge on any atom is 0.268 e. The van der Waals surface area contributed by atoms with Crippen molar-refractivity contribution in [3.63, 3.8) is 0 Å². The van der Waals surface area contributed by atoms with Gasteiger partial charge in [-0.05, 0) is 55.5 Å². The van der Waals surface area contributed by atoms with Crippen LogP contribution in [0.1, 0.15) is 66.9 Å². The number of rotatable bonds is 4. The normalized spacial score (nSPS) is 16.9. The van der Waals surface area contributed by atoms with Gasteiger partial charge in [-0.3, -0.25) is 19.0 Å². The Hall–Kier alpha value is -2.84. The van der Waals surface area contributed by atoms with Crippen molar-refractivity contribution in [2.45, 2.75) is 52.5 Å². The highest BCUT2D eigenvalue weighted by Crippen LogP contribution is 2.35. The largest absolute Gasteiger partial charge is 0.336 e. The summed E-state index contributed by atoms with van der Waals surface area (Å²) in [5.74, 6) is 1.88. The van der Waals surface area contributed by atoms with Gasteiger partial charge < -0.3 is 5.32 Å². The van der Waals surface area contributed by atoms with Gasteiger partial charge >= 0.3 is 0 Å². The van der Waals surface area contributed by atoms with E-state index in [1.807, 2.05) is 20.8 Å². The first kappa shape index (κ1) is 21.9. The lowest BCUT2D eigenvalue weighted by Crippen LogP contribution is -2.47. The molecule has 1 aromatic carbocycles. The van der Waals surface area contributed by atoms with E-state index in [-0.39, 0.29) is 16.8 Å². The van der Waals surface area contributed by atoms with Crippen molar-refractivity contribution < 1.29 is 9.59 Å². The smallest absolute Gasteiger partial charge is 0.268 e. The number of amides is 1. The minimum atomic E-state index is -0.892. The summed E-state index contributed by atoms with van der Waals surface area (Å²) in [6.07, 6.45) is 6.94. The van der Waals surface area contributed by atoms with Crippen LogP contribution in [0.3, 0.4) is 0 Å². The van der Waals surface area contributed by atoms with E-state index >= 15 is 0 Å². The molecule has 0 bridgehead atoms. The van der Waals surface area contributed by atoms with Crippen LogP contribution < -0.4 is 10.9 Å². The highest BCUT2D eigenvalue weighted by molar-refractivity contribution is 6.30. The van der Waals surface area contributed by atoms with E-state index in [4.69, 9.17) is 18.0 Å². The summed E-state index contributed by atoms with van der Waals surface area (Å²) in [5, 5.41) is 3.28. The number of ketones is 1. The molecule has 3 rings (SSSR count). The van der Waals surface area contributed by atoms with Crippen molar-refractivity contribution in [1.29, 1.82) is 0 Å². The molecule has 1 N–H and O–H groups in total. The van der Waals surface area contributed by atoms with Gasteiger partial charge in [-0.2, -0.15) is 0 Å². The lowest BCUT2D eigenvalue weighted by atomic mass is 9.75. The number of pyridine rings is 1. The molecule has 0 fully saturated rings.